The highest BCUT2D eigenvalue weighted by atomic mass is 16.5. The highest BCUT2D eigenvalue weighted by Crippen LogP contribution is 2.26. The van der Waals surface area contributed by atoms with Crippen molar-refractivity contribution in [3.63, 3.8) is 0 Å². The van der Waals surface area contributed by atoms with E-state index in [1.54, 1.807) is 12.1 Å². The van der Waals surface area contributed by atoms with Gasteiger partial charge in [-0.15, -0.1) is 0 Å². The standard InChI is InChI=1S/C17H21NO3/c1-18(12-16(20)14-6-4-3-5-7-14)11-13-8-9-15(19)17(10-13)21-2/h3-10,16,19-20H,11-12H2,1-2H3. The predicted molar refractivity (Wildman–Crippen MR) is 82.4 cm³/mol. The van der Waals surface area contributed by atoms with Crippen molar-refractivity contribution in [2.24, 2.45) is 0 Å². The Bertz CT molecular complexity index is 572. The van der Waals surface area contributed by atoms with Crippen molar-refractivity contribution in [3.05, 3.63) is 59.7 Å². The van der Waals surface area contributed by atoms with Crippen molar-refractivity contribution < 1.29 is 14.9 Å². The van der Waals surface area contributed by atoms with E-state index in [0.29, 0.717) is 18.8 Å². The van der Waals surface area contributed by atoms with Crippen molar-refractivity contribution >= 4 is 0 Å². The number of nitrogens with zero attached hydrogens (tertiary/aromatic N) is 1. The van der Waals surface area contributed by atoms with Gasteiger partial charge in [0, 0.05) is 13.1 Å². The molecule has 112 valence electrons. The second kappa shape index (κ2) is 7.11. The maximum Gasteiger partial charge on any atom is 0.160 e. The van der Waals surface area contributed by atoms with Gasteiger partial charge in [-0.2, -0.15) is 0 Å². The van der Waals surface area contributed by atoms with Crippen LogP contribution in [0.4, 0.5) is 0 Å². The molecule has 2 aromatic rings. The summed E-state index contributed by atoms with van der Waals surface area (Å²) >= 11 is 0. The van der Waals surface area contributed by atoms with Crippen molar-refractivity contribution in [1.82, 2.24) is 4.90 Å². The molecule has 21 heavy (non-hydrogen) atoms. The molecule has 0 aliphatic carbocycles. The number of aliphatic hydroxyl groups excluding tert-OH is 1. The Labute approximate surface area is 125 Å². The van der Waals surface area contributed by atoms with Crippen LogP contribution < -0.4 is 4.74 Å². The van der Waals surface area contributed by atoms with Gasteiger partial charge in [0.15, 0.2) is 11.5 Å². The van der Waals surface area contributed by atoms with E-state index in [0.717, 1.165) is 11.1 Å². The van der Waals surface area contributed by atoms with Crippen LogP contribution in [0, 0.1) is 0 Å². The van der Waals surface area contributed by atoms with Crippen LogP contribution in [0.3, 0.4) is 0 Å². The lowest BCUT2D eigenvalue weighted by molar-refractivity contribution is 0.124. The summed E-state index contributed by atoms with van der Waals surface area (Å²) in [5, 5.41) is 19.8. The van der Waals surface area contributed by atoms with Crippen molar-refractivity contribution in [2.45, 2.75) is 12.6 Å². The first-order valence-electron chi connectivity index (χ1n) is 6.87. The third kappa shape index (κ3) is 4.21. The van der Waals surface area contributed by atoms with Gasteiger partial charge in [-0.05, 0) is 30.3 Å². The van der Waals surface area contributed by atoms with Gasteiger partial charge in [0.25, 0.3) is 0 Å². The van der Waals surface area contributed by atoms with Gasteiger partial charge in [-0.1, -0.05) is 36.4 Å². The lowest BCUT2D eigenvalue weighted by atomic mass is 10.1. The fourth-order valence-corrected chi connectivity index (χ4v) is 2.27. The van der Waals surface area contributed by atoms with Gasteiger partial charge in [-0.25, -0.2) is 0 Å². The van der Waals surface area contributed by atoms with Gasteiger partial charge >= 0.3 is 0 Å². The average Bonchev–Trinajstić information content (AvgIpc) is 2.50. The van der Waals surface area contributed by atoms with E-state index in [9.17, 15) is 10.2 Å². The van der Waals surface area contributed by atoms with Gasteiger partial charge in [-0.3, -0.25) is 4.90 Å². The molecule has 0 aliphatic heterocycles. The van der Waals surface area contributed by atoms with Gasteiger partial charge < -0.3 is 14.9 Å². The summed E-state index contributed by atoms with van der Waals surface area (Å²) in [5.41, 5.74) is 1.93. The molecular weight excluding hydrogens is 266 g/mol. The third-order valence-electron chi connectivity index (χ3n) is 3.37. The number of ether oxygens (including phenoxy) is 1. The van der Waals surface area contributed by atoms with Crippen molar-refractivity contribution in [2.75, 3.05) is 20.7 Å². The number of phenols is 1. The molecule has 0 heterocycles. The molecule has 0 aromatic heterocycles. The molecule has 0 saturated carbocycles. The third-order valence-corrected chi connectivity index (χ3v) is 3.37. The molecule has 2 rings (SSSR count). The first-order valence-corrected chi connectivity index (χ1v) is 6.87. The molecule has 0 fully saturated rings. The zero-order valence-electron chi connectivity index (χ0n) is 12.4. The highest BCUT2D eigenvalue weighted by Gasteiger charge is 2.11. The van der Waals surface area contributed by atoms with E-state index in [4.69, 9.17) is 4.74 Å². The van der Waals surface area contributed by atoms with E-state index < -0.39 is 6.10 Å². The molecule has 4 nitrogen and oxygen atoms in total. The van der Waals surface area contributed by atoms with Crippen LogP contribution in [0.15, 0.2) is 48.5 Å². The maximum absolute atomic E-state index is 10.2. The Morgan fingerprint density at radius 1 is 1.14 bits per heavy atom. The highest BCUT2D eigenvalue weighted by molar-refractivity contribution is 5.41. The smallest absolute Gasteiger partial charge is 0.160 e. The summed E-state index contributed by atoms with van der Waals surface area (Å²) in [6, 6.07) is 14.9. The van der Waals surface area contributed by atoms with E-state index in [2.05, 4.69) is 0 Å². The van der Waals surface area contributed by atoms with Gasteiger partial charge in [0.2, 0.25) is 0 Å². The summed E-state index contributed by atoms with van der Waals surface area (Å²) in [6.45, 7) is 1.20. The zero-order valence-corrected chi connectivity index (χ0v) is 12.4. The fourth-order valence-electron chi connectivity index (χ4n) is 2.27. The number of hydrogen-bond donors (Lipinski definition) is 2. The minimum Gasteiger partial charge on any atom is -0.504 e. The van der Waals surface area contributed by atoms with E-state index in [1.807, 2.05) is 48.3 Å². The van der Waals surface area contributed by atoms with Gasteiger partial charge in [0.1, 0.15) is 0 Å². The minimum atomic E-state index is -0.518. The largest absolute Gasteiger partial charge is 0.504 e. The van der Waals surface area contributed by atoms with E-state index >= 15 is 0 Å². The molecule has 2 aromatic carbocycles. The molecule has 0 saturated heterocycles. The quantitative estimate of drug-likeness (QED) is 0.857. The molecule has 0 bridgehead atoms. The monoisotopic (exact) mass is 287 g/mol. The minimum absolute atomic E-state index is 0.133. The Kier molecular flexibility index (Phi) is 5.20. The first-order chi connectivity index (χ1) is 10.1. The number of aromatic hydroxyl groups is 1. The SMILES string of the molecule is COc1cc(CN(C)CC(O)c2ccccc2)ccc1O. The molecule has 0 radical (unpaired) electrons. The first kappa shape index (κ1) is 15.4. The van der Waals surface area contributed by atoms with Crippen LogP contribution in [-0.4, -0.2) is 35.8 Å². The maximum atomic E-state index is 10.2. The second-order valence-electron chi connectivity index (χ2n) is 5.13. The normalized spacial score (nSPS) is 12.4. The van der Waals surface area contributed by atoms with Crippen LogP contribution in [0.5, 0.6) is 11.5 Å². The number of aliphatic hydroxyl groups is 1. The molecule has 1 atom stereocenters. The summed E-state index contributed by atoms with van der Waals surface area (Å²) in [7, 11) is 3.48. The van der Waals surface area contributed by atoms with E-state index in [1.165, 1.54) is 7.11 Å². The zero-order chi connectivity index (χ0) is 15.2. The van der Waals surface area contributed by atoms with Crippen LogP contribution >= 0.6 is 0 Å². The molecule has 0 amide bonds. The molecule has 2 N–H and O–H groups in total. The number of rotatable bonds is 6. The molecule has 0 aliphatic rings. The van der Waals surface area contributed by atoms with Gasteiger partial charge in [0.05, 0.1) is 13.2 Å². The Balaban J connectivity index is 1.97. The number of benzene rings is 2. The Hall–Kier alpha value is -2.04. The second-order valence-corrected chi connectivity index (χ2v) is 5.13. The average molecular weight is 287 g/mol. The predicted octanol–water partition coefficient (Wildman–Crippen LogP) is 2.57. The van der Waals surface area contributed by atoms with E-state index in [-0.39, 0.29) is 5.75 Å². The molecule has 0 spiro atoms. The summed E-state index contributed by atoms with van der Waals surface area (Å²) < 4.78 is 5.10. The van der Waals surface area contributed by atoms with Crippen LogP contribution in [0.1, 0.15) is 17.2 Å². The summed E-state index contributed by atoms with van der Waals surface area (Å²) in [4.78, 5) is 2.03. The number of methoxy groups -OCH3 is 1. The number of phenolic OH excluding ortho intramolecular Hbond substituents is 1. The van der Waals surface area contributed by atoms with Crippen LogP contribution in [0.25, 0.3) is 0 Å². The number of hydrogen-bond acceptors (Lipinski definition) is 4. The summed E-state index contributed by atoms with van der Waals surface area (Å²) in [6.07, 6.45) is -0.518. The Morgan fingerprint density at radius 3 is 2.52 bits per heavy atom. The topological polar surface area (TPSA) is 52.9 Å². The van der Waals surface area contributed by atoms with Crippen LogP contribution in [-0.2, 0) is 6.54 Å². The van der Waals surface area contributed by atoms with Crippen LogP contribution in [0.2, 0.25) is 0 Å². The number of likely N-dealkylation sites (N-methyl/N-ethyl adjacent to an activating group) is 1. The lowest BCUT2D eigenvalue weighted by Gasteiger charge is -2.21. The fraction of sp³-hybridized carbons (Fsp3) is 0.294. The Morgan fingerprint density at radius 2 is 1.86 bits per heavy atom. The molecule has 4 heteroatoms. The van der Waals surface area contributed by atoms with Crippen molar-refractivity contribution in [3.8, 4) is 11.5 Å². The molecule has 1 unspecified atom stereocenters. The molecular formula is C17H21NO3. The summed E-state index contributed by atoms with van der Waals surface area (Å²) in [5.74, 6) is 0.595. The lowest BCUT2D eigenvalue weighted by Crippen LogP contribution is -2.24. The van der Waals surface area contributed by atoms with Crippen molar-refractivity contribution in [1.29, 1.82) is 0 Å².